The van der Waals surface area contributed by atoms with Crippen LogP contribution >= 0.6 is 0 Å². The van der Waals surface area contributed by atoms with Crippen molar-refractivity contribution in [1.29, 1.82) is 0 Å². The number of aryl methyl sites for hydroxylation is 4. The van der Waals surface area contributed by atoms with E-state index in [2.05, 4.69) is 20.4 Å². The lowest BCUT2D eigenvalue weighted by Gasteiger charge is -2.14. The third kappa shape index (κ3) is 4.32. The first kappa shape index (κ1) is 21.5. The highest BCUT2D eigenvalue weighted by Gasteiger charge is 2.15. The molecule has 0 radical (unpaired) electrons. The Bertz CT molecular complexity index is 1310. The molecule has 7 heteroatoms. The minimum Gasteiger partial charge on any atom is -0.437 e. The number of ether oxygens (including phenoxy) is 1. The minimum atomic E-state index is -0.112. The van der Waals surface area contributed by atoms with E-state index in [1.165, 1.54) is 0 Å². The topological polar surface area (TPSA) is 81.4 Å². The maximum atomic E-state index is 12.8. The van der Waals surface area contributed by atoms with Gasteiger partial charge in [-0.1, -0.05) is 12.1 Å². The molecule has 4 aromatic rings. The molecule has 1 amide bonds. The molecule has 1 N–H and O–H groups in total. The number of amides is 1. The largest absolute Gasteiger partial charge is 0.437 e. The van der Waals surface area contributed by atoms with Crippen LogP contribution in [0.15, 0.2) is 42.6 Å². The Morgan fingerprint density at radius 1 is 1.09 bits per heavy atom. The van der Waals surface area contributed by atoms with Crippen molar-refractivity contribution < 1.29 is 9.53 Å². The molecule has 0 aliphatic carbocycles. The van der Waals surface area contributed by atoms with E-state index in [-0.39, 0.29) is 5.91 Å². The molecule has 0 aliphatic rings. The summed E-state index contributed by atoms with van der Waals surface area (Å²) in [7, 11) is 0. The van der Waals surface area contributed by atoms with Crippen LogP contribution in [0.2, 0.25) is 0 Å². The maximum Gasteiger partial charge on any atom is 0.243 e. The van der Waals surface area contributed by atoms with Crippen molar-refractivity contribution in [2.24, 2.45) is 0 Å². The van der Waals surface area contributed by atoms with Crippen LogP contribution < -0.4 is 10.1 Å². The monoisotopic (exact) mass is 429 g/mol. The van der Waals surface area contributed by atoms with E-state index in [9.17, 15) is 4.79 Å². The first-order chi connectivity index (χ1) is 15.3. The van der Waals surface area contributed by atoms with Crippen LogP contribution in [-0.4, -0.2) is 25.5 Å². The Kier molecular flexibility index (Phi) is 5.90. The van der Waals surface area contributed by atoms with Crippen molar-refractivity contribution in [2.75, 3.05) is 5.32 Å². The van der Waals surface area contributed by atoms with Crippen molar-refractivity contribution in [3.05, 3.63) is 76.4 Å². The van der Waals surface area contributed by atoms with Crippen LogP contribution in [-0.2, 0) is 11.2 Å². The van der Waals surface area contributed by atoms with Gasteiger partial charge in [-0.3, -0.25) is 4.79 Å². The number of pyridine rings is 1. The van der Waals surface area contributed by atoms with Crippen molar-refractivity contribution in [2.45, 2.75) is 47.5 Å². The molecule has 0 atom stereocenters. The van der Waals surface area contributed by atoms with Gasteiger partial charge in [0.15, 0.2) is 5.65 Å². The second-order valence-electron chi connectivity index (χ2n) is 8.02. The zero-order valence-electron chi connectivity index (χ0n) is 19.1. The number of hydrogen-bond donors (Lipinski definition) is 1. The number of carbonyl (C=O) groups is 1. The van der Waals surface area contributed by atoms with E-state index in [4.69, 9.17) is 4.74 Å². The average molecular weight is 430 g/mol. The Morgan fingerprint density at radius 2 is 1.91 bits per heavy atom. The predicted octanol–water partition coefficient (Wildman–Crippen LogP) is 5.03. The molecule has 3 heterocycles. The van der Waals surface area contributed by atoms with Crippen molar-refractivity contribution in [1.82, 2.24) is 19.6 Å². The van der Waals surface area contributed by atoms with E-state index < -0.39 is 0 Å². The lowest BCUT2D eigenvalue weighted by Crippen LogP contribution is -2.15. The van der Waals surface area contributed by atoms with Gasteiger partial charge in [-0.15, -0.1) is 0 Å². The van der Waals surface area contributed by atoms with Crippen molar-refractivity contribution in [3.63, 3.8) is 0 Å². The lowest BCUT2D eigenvalue weighted by atomic mass is 10.1. The summed E-state index contributed by atoms with van der Waals surface area (Å²) in [5.41, 5.74) is 7.43. The Hall–Kier alpha value is -3.74. The number of carbonyl (C=O) groups excluding carboxylic acids is 1. The number of rotatable bonds is 6. The van der Waals surface area contributed by atoms with E-state index in [1.807, 2.05) is 63.4 Å². The van der Waals surface area contributed by atoms with Gasteiger partial charge in [-0.25, -0.2) is 14.5 Å². The number of hydrogen-bond acceptors (Lipinski definition) is 5. The molecule has 0 aliphatic heterocycles. The molecule has 7 nitrogen and oxygen atoms in total. The van der Waals surface area contributed by atoms with Crippen LogP contribution in [0.25, 0.3) is 5.65 Å². The molecule has 32 heavy (non-hydrogen) atoms. The van der Waals surface area contributed by atoms with E-state index >= 15 is 0 Å². The molecule has 0 saturated carbocycles. The summed E-state index contributed by atoms with van der Waals surface area (Å²) >= 11 is 0. The fourth-order valence-electron chi connectivity index (χ4n) is 3.76. The highest BCUT2D eigenvalue weighted by molar-refractivity contribution is 5.92. The third-order valence-electron chi connectivity index (χ3n) is 5.70. The van der Waals surface area contributed by atoms with Crippen LogP contribution in [0.1, 0.15) is 40.2 Å². The standard InChI is InChI=1S/C25H27N5O2/c1-15-8-6-10-22(17(15)3)32-25-21(9-7-13-26-25)28-24(31)12-11-20-18(4)27-23-14-16(2)29-30(23)19(20)5/h6-10,13-14H,11-12H2,1-5H3,(H,28,31). The van der Waals surface area contributed by atoms with Gasteiger partial charge in [0.1, 0.15) is 11.4 Å². The van der Waals surface area contributed by atoms with Crippen LogP contribution in [0, 0.1) is 34.6 Å². The van der Waals surface area contributed by atoms with Crippen LogP contribution in [0.4, 0.5) is 5.69 Å². The van der Waals surface area contributed by atoms with Crippen LogP contribution in [0.3, 0.4) is 0 Å². The molecular formula is C25H27N5O2. The molecule has 0 bridgehead atoms. The number of fused-ring (bicyclic) bond motifs is 1. The Balaban J connectivity index is 1.49. The third-order valence-corrected chi connectivity index (χ3v) is 5.70. The first-order valence-electron chi connectivity index (χ1n) is 10.6. The van der Waals surface area contributed by atoms with Gasteiger partial charge in [0.25, 0.3) is 0 Å². The number of nitrogens with one attached hydrogen (secondary N) is 1. The van der Waals surface area contributed by atoms with Gasteiger partial charge in [0, 0.05) is 30.1 Å². The SMILES string of the molecule is Cc1cc2nc(C)c(CCC(=O)Nc3cccnc3Oc3cccc(C)c3C)c(C)n2n1. The van der Waals surface area contributed by atoms with Crippen molar-refractivity contribution in [3.8, 4) is 11.6 Å². The Morgan fingerprint density at radius 3 is 2.72 bits per heavy atom. The molecule has 4 rings (SSSR count). The summed E-state index contributed by atoms with van der Waals surface area (Å²) in [5.74, 6) is 0.982. The van der Waals surface area contributed by atoms with Crippen molar-refractivity contribution >= 4 is 17.2 Å². The van der Waals surface area contributed by atoms with Gasteiger partial charge in [-0.2, -0.15) is 5.10 Å². The smallest absolute Gasteiger partial charge is 0.243 e. The zero-order chi connectivity index (χ0) is 22.8. The van der Waals surface area contributed by atoms with Gasteiger partial charge >= 0.3 is 0 Å². The quantitative estimate of drug-likeness (QED) is 0.465. The van der Waals surface area contributed by atoms with Crippen LogP contribution in [0.5, 0.6) is 11.6 Å². The summed E-state index contributed by atoms with van der Waals surface area (Å²) in [6.07, 6.45) is 2.53. The highest BCUT2D eigenvalue weighted by Crippen LogP contribution is 2.30. The average Bonchev–Trinajstić information content (AvgIpc) is 3.13. The summed E-state index contributed by atoms with van der Waals surface area (Å²) in [6.45, 7) is 9.97. The number of anilines is 1. The van der Waals surface area contributed by atoms with Gasteiger partial charge < -0.3 is 10.1 Å². The van der Waals surface area contributed by atoms with E-state index in [0.29, 0.717) is 24.4 Å². The molecular weight excluding hydrogens is 402 g/mol. The molecule has 164 valence electrons. The first-order valence-corrected chi connectivity index (χ1v) is 10.6. The summed E-state index contributed by atoms with van der Waals surface area (Å²) < 4.78 is 7.87. The van der Waals surface area contributed by atoms with Gasteiger partial charge in [-0.05, 0) is 75.9 Å². The molecule has 3 aromatic heterocycles. The number of benzene rings is 1. The second kappa shape index (κ2) is 8.78. The van der Waals surface area contributed by atoms with Gasteiger partial charge in [0.05, 0.1) is 5.69 Å². The number of aromatic nitrogens is 4. The minimum absolute atomic E-state index is 0.112. The Labute approximate surface area is 187 Å². The molecule has 0 fully saturated rings. The highest BCUT2D eigenvalue weighted by atomic mass is 16.5. The summed E-state index contributed by atoms with van der Waals surface area (Å²) in [6, 6.07) is 11.4. The maximum absolute atomic E-state index is 12.8. The second-order valence-corrected chi connectivity index (χ2v) is 8.02. The molecule has 0 saturated heterocycles. The molecule has 0 spiro atoms. The lowest BCUT2D eigenvalue weighted by molar-refractivity contribution is -0.116. The fourth-order valence-corrected chi connectivity index (χ4v) is 3.76. The molecule has 1 aromatic carbocycles. The van der Waals surface area contributed by atoms with E-state index in [1.54, 1.807) is 18.3 Å². The van der Waals surface area contributed by atoms with E-state index in [0.717, 1.165) is 45.2 Å². The van der Waals surface area contributed by atoms with Gasteiger partial charge in [0.2, 0.25) is 11.8 Å². The fraction of sp³-hybridized carbons (Fsp3) is 0.280. The number of nitrogens with zero attached hydrogens (tertiary/aromatic N) is 4. The summed E-state index contributed by atoms with van der Waals surface area (Å²) in [5, 5.41) is 7.45. The molecule has 0 unspecified atom stereocenters. The predicted molar refractivity (Wildman–Crippen MR) is 124 cm³/mol. The summed E-state index contributed by atoms with van der Waals surface area (Å²) in [4.78, 5) is 21.7. The normalized spacial score (nSPS) is 11.0. The zero-order valence-corrected chi connectivity index (χ0v) is 19.1.